The predicted octanol–water partition coefficient (Wildman–Crippen LogP) is 3.35. The Morgan fingerprint density at radius 1 is 0.895 bits per heavy atom. The number of carbonyl (C=O) groups excluding carboxylic acids is 1. The average molecular weight is 253 g/mol. The predicted molar refractivity (Wildman–Crippen MR) is 78.0 cm³/mol. The first-order valence-corrected chi connectivity index (χ1v) is 6.66. The summed E-state index contributed by atoms with van der Waals surface area (Å²) in [5.74, 6) is 0.208. The third kappa shape index (κ3) is 4.04. The monoisotopic (exact) mass is 253 g/mol. The first-order valence-electron chi connectivity index (χ1n) is 6.66. The third-order valence-corrected chi connectivity index (χ3v) is 3.22. The molecule has 0 fully saturated rings. The molecule has 2 aromatic carbocycles. The molecule has 0 radical (unpaired) electrons. The topological polar surface area (TPSA) is 43.1 Å². The summed E-state index contributed by atoms with van der Waals surface area (Å²) in [7, 11) is 0. The lowest BCUT2D eigenvalue weighted by Crippen LogP contribution is -2.01. The van der Waals surface area contributed by atoms with Crippen LogP contribution in [0.2, 0.25) is 0 Å². The molecule has 0 heterocycles. The molecule has 0 amide bonds. The summed E-state index contributed by atoms with van der Waals surface area (Å²) in [5.41, 5.74) is 8.66. The maximum atomic E-state index is 12.0. The molecule has 2 N–H and O–H groups in total. The van der Waals surface area contributed by atoms with Crippen LogP contribution in [-0.2, 0) is 13.0 Å². The van der Waals surface area contributed by atoms with E-state index in [0.29, 0.717) is 13.0 Å². The summed E-state index contributed by atoms with van der Waals surface area (Å²) in [6.07, 6.45) is 2.44. The molecule has 0 spiro atoms. The van der Waals surface area contributed by atoms with Gasteiger partial charge in [0.05, 0.1) is 0 Å². The van der Waals surface area contributed by atoms with Crippen LogP contribution in [0, 0.1) is 0 Å². The number of nitrogens with two attached hydrogens (primary N) is 1. The molecular formula is C17H19NO. The van der Waals surface area contributed by atoms with E-state index in [0.717, 1.165) is 24.0 Å². The van der Waals surface area contributed by atoms with E-state index >= 15 is 0 Å². The van der Waals surface area contributed by atoms with Crippen LogP contribution in [0.25, 0.3) is 0 Å². The van der Waals surface area contributed by atoms with Crippen LogP contribution in [-0.4, -0.2) is 5.78 Å². The van der Waals surface area contributed by atoms with Crippen molar-refractivity contribution in [2.45, 2.75) is 25.8 Å². The average Bonchev–Trinajstić information content (AvgIpc) is 2.48. The van der Waals surface area contributed by atoms with E-state index in [1.165, 1.54) is 5.56 Å². The van der Waals surface area contributed by atoms with Crippen LogP contribution in [0.4, 0.5) is 0 Å². The third-order valence-electron chi connectivity index (χ3n) is 3.22. The van der Waals surface area contributed by atoms with Crippen LogP contribution in [0.15, 0.2) is 54.6 Å². The molecule has 0 aliphatic carbocycles. The van der Waals surface area contributed by atoms with Gasteiger partial charge in [-0.3, -0.25) is 4.79 Å². The highest BCUT2D eigenvalue weighted by atomic mass is 16.1. The Kier molecular flexibility index (Phi) is 4.87. The van der Waals surface area contributed by atoms with Gasteiger partial charge in [0.25, 0.3) is 0 Å². The maximum Gasteiger partial charge on any atom is 0.162 e. The van der Waals surface area contributed by atoms with Gasteiger partial charge in [0.15, 0.2) is 5.78 Å². The molecule has 0 unspecified atom stereocenters. The van der Waals surface area contributed by atoms with Gasteiger partial charge in [0.1, 0.15) is 0 Å². The first-order chi connectivity index (χ1) is 9.29. The van der Waals surface area contributed by atoms with Gasteiger partial charge in [0, 0.05) is 18.5 Å². The summed E-state index contributed by atoms with van der Waals surface area (Å²) < 4.78 is 0. The number of ketones is 1. The molecule has 0 bridgehead atoms. The van der Waals surface area contributed by atoms with Gasteiger partial charge < -0.3 is 5.73 Å². The van der Waals surface area contributed by atoms with Crippen molar-refractivity contribution in [1.29, 1.82) is 0 Å². The lowest BCUT2D eigenvalue weighted by Gasteiger charge is -2.03. The molecule has 2 aromatic rings. The number of rotatable bonds is 6. The second-order valence-corrected chi connectivity index (χ2v) is 4.66. The molecule has 0 saturated heterocycles. The molecule has 98 valence electrons. The highest BCUT2D eigenvalue weighted by Gasteiger charge is 2.05. The van der Waals surface area contributed by atoms with Gasteiger partial charge in [-0.15, -0.1) is 0 Å². The van der Waals surface area contributed by atoms with Crippen LogP contribution in [0.3, 0.4) is 0 Å². The zero-order valence-corrected chi connectivity index (χ0v) is 11.0. The molecule has 0 aliphatic rings. The van der Waals surface area contributed by atoms with Crippen molar-refractivity contribution in [3.8, 4) is 0 Å². The Balaban J connectivity index is 1.84. The van der Waals surface area contributed by atoms with E-state index in [-0.39, 0.29) is 5.78 Å². The summed E-state index contributed by atoms with van der Waals surface area (Å²) in [6, 6.07) is 17.8. The zero-order valence-electron chi connectivity index (χ0n) is 11.0. The van der Waals surface area contributed by atoms with Crippen molar-refractivity contribution in [2.24, 2.45) is 5.73 Å². The number of hydrogen-bond donors (Lipinski definition) is 1. The smallest absolute Gasteiger partial charge is 0.162 e. The Morgan fingerprint density at radius 2 is 1.58 bits per heavy atom. The maximum absolute atomic E-state index is 12.0. The molecule has 0 aromatic heterocycles. The van der Waals surface area contributed by atoms with Gasteiger partial charge >= 0.3 is 0 Å². The van der Waals surface area contributed by atoms with Gasteiger partial charge in [0.2, 0.25) is 0 Å². The lowest BCUT2D eigenvalue weighted by atomic mass is 10.0. The molecule has 0 saturated carbocycles. The summed E-state index contributed by atoms with van der Waals surface area (Å²) >= 11 is 0. The van der Waals surface area contributed by atoms with E-state index in [1.54, 1.807) is 0 Å². The highest BCUT2D eigenvalue weighted by Crippen LogP contribution is 2.10. The van der Waals surface area contributed by atoms with E-state index in [9.17, 15) is 4.79 Å². The summed E-state index contributed by atoms with van der Waals surface area (Å²) in [5, 5.41) is 0. The number of carbonyl (C=O) groups is 1. The minimum Gasteiger partial charge on any atom is -0.326 e. The summed E-state index contributed by atoms with van der Waals surface area (Å²) in [4.78, 5) is 12.0. The van der Waals surface area contributed by atoms with Crippen molar-refractivity contribution in [3.63, 3.8) is 0 Å². The highest BCUT2D eigenvalue weighted by molar-refractivity contribution is 5.96. The number of aryl methyl sites for hydroxylation is 1. The Hall–Kier alpha value is -1.93. The first kappa shape index (κ1) is 13.5. The molecule has 2 rings (SSSR count). The Labute approximate surface area is 114 Å². The van der Waals surface area contributed by atoms with Crippen molar-refractivity contribution in [1.82, 2.24) is 0 Å². The fraction of sp³-hybridized carbons (Fsp3) is 0.235. The molecule has 0 atom stereocenters. The zero-order chi connectivity index (χ0) is 13.5. The fourth-order valence-corrected chi connectivity index (χ4v) is 2.07. The minimum atomic E-state index is 0.208. The number of Topliss-reactive ketones (excluding diaryl/α,β-unsaturated/α-hetero) is 1. The van der Waals surface area contributed by atoms with Gasteiger partial charge in [-0.1, -0.05) is 54.6 Å². The number of hydrogen-bond acceptors (Lipinski definition) is 2. The van der Waals surface area contributed by atoms with Crippen molar-refractivity contribution < 1.29 is 4.79 Å². The Morgan fingerprint density at radius 3 is 2.21 bits per heavy atom. The fourth-order valence-electron chi connectivity index (χ4n) is 2.07. The SMILES string of the molecule is NCc1ccc(C(=O)CCCc2ccccc2)cc1. The van der Waals surface area contributed by atoms with E-state index in [1.807, 2.05) is 42.5 Å². The second-order valence-electron chi connectivity index (χ2n) is 4.66. The Bertz CT molecular complexity index is 517. The van der Waals surface area contributed by atoms with Crippen LogP contribution in [0.1, 0.15) is 34.3 Å². The van der Waals surface area contributed by atoms with Crippen molar-refractivity contribution >= 4 is 5.78 Å². The molecular weight excluding hydrogens is 234 g/mol. The van der Waals surface area contributed by atoms with E-state index < -0.39 is 0 Å². The largest absolute Gasteiger partial charge is 0.326 e. The van der Waals surface area contributed by atoms with Crippen LogP contribution >= 0.6 is 0 Å². The van der Waals surface area contributed by atoms with Crippen molar-refractivity contribution in [2.75, 3.05) is 0 Å². The van der Waals surface area contributed by atoms with Crippen LogP contribution in [0.5, 0.6) is 0 Å². The molecule has 2 heteroatoms. The lowest BCUT2D eigenvalue weighted by molar-refractivity contribution is 0.0980. The minimum absolute atomic E-state index is 0.208. The van der Waals surface area contributed by atoms with E-state index in [2.05, 4.69) is 12.1 Å². The molecule has 2 nitrogen and oxygen atoms in total. The van der Waals surface area contributed by atoms with Crippen LogP contribution < -0.4 is 5.73 Å². The second kappa shape index (κ2) is 6.86. The van der Waals surface area contributed by atoms with E-state index in [4.69, 9.17) is 5.73 Å². The molecule has 19 heavy (non-hydrogen) atoms. The summed E-state index contributed by atoms with van der Waals surface area (Å²) in [6.45, 7) is 0.516. The van der Waals surface area contributed by atoms with Gasteiger partial charge in [-0.25, -0.2) is 0 Å². The quantitative estimate of drug-likeness (QED) is 0.802. The van der Waals surface area contributed by atoms with Gasteiger partial charge in [-0.2, -0.15) is 0 Å². The van der Waals surface area contributed by atoms with Crippen molar-refractivity contribution in [3.05, 3.63) is 71.3 Å². The standard InChI is InChI=1S/C17H19NO/c18-13-15-9-11-16(12-10-15)17(19)8-4-7-14-5-2-1-3-6-14/h1-3,5-6,9-12H,4,7-8,13,18H2. The number of benzene rings is 2. The normalized spacial score (nSPS) is 10.4. The van der Waals surface area contributed by atoms with Gasteiger partial charge in [-0.05, 0) is 24.0 Å². The molecule has 0 aliphatic heterocycles.